The fourth-order valence-corrected chi connectivity index (χ4v) is 3.91. The third-order valence-electron chi connectivity index (χ3n) is 3.87. The van der Waals surface area contributed by atoms with Gasteiger partial charge in [-0.3, -0.25) is 0 Å². The molecule has 16 heavy (non-hydrogen) atoms. The second kappa shape index (κ2) is 6.84. The first-order valence-corrected chi connectivity index (χ1v) is 7.67. The van der Waals surface area contributed by atoms with Crippen LogP contribution in [0.1, 0.15) is 12.8 Å². The van der Waals surface area contributed by atoms with Crippen LogP contribution in [0, 0.1) is 11.8 Å². The average Bonchev–Trinajstić information content (AvgIpc) is 2.38. The van der Waals surface area contributed by atoms with Gasteiger partial charge in [-0.15, -0.1) is 0 Å². The summed E-state index contributed by atoms with van der Waals surface area (Å²) in [7, 11) is 0. The minimum absolute atomic E-state index is 0.374. The summed E-state index contributed by atoms with van der Waals surface area (Å²) in [6.07, 6.45) is 2.62. The zero-order valence-corrected chi connectivity index (χ0v) is 10.8. The molecule has 0 saturated carbocycles. The van der Waals surface area contributed by atoms with Crippen molar-refractivity contribution < 1.29 is 5.11 Å². The number of piperazine rings is 1. The molecule has 0 aromatic carbocycles. The van der Waals surface area contributed by atoms with Crippen LogP contribution < -0.4 is 5.32 Å². The van der Waals surface area contributed by atoms with Gasteiger partial charge in [0.25, 0.3) is 0 Å². The molecule has 0 aliphatic carbocycles. The van der Waals surface area contributed by atoms with Gasteiger partial charge in [0, 0.05) is 39.3 Å². The number of hydrogen-bond donors (Lipinski definition) is 2. The summed E-state index contributed by atoms with van der Waals surface area (Å²) in [4.78, 5) is 2.51. The molecule has 2 aliphatic heterocycles. The van der Waals surface area contributed by atoms with Crippen LogP contribution in [0.15, 0.2) is 0 Å². The van der Waals surface area contributed by atoms with Gasteiger partial charge in [-0.2, -0.15) is 11.8 Å². The van der Waals surface area contributed by atoms with Crippen molar-refractivity contribution in [2.75, 3.05) is 50.8 Å². The minimum Gasteiger partial charge on any atom is -0.396 e. The Morgan fingerprint density at radius 1 is 1.25 bits per heavy atom. The van der Waals surface area contributed by atoms with E-state index in [1.54, 1.807) is 0 Å². The SMILES string of the molecule is OCC(CN1CCNCC1)C1CCSCC1. The van der Waals surface area contributed by atoms with Crippen LogP contribution >= 0.6 is 11.8 Å². The van der Waals surface area contributed by atoms with Gasteiger partial charge in [0.2, 0.25) is 0 Å². The van der Waals surface area contributed by atoms with Crippen molar-refractivity contribution in [3.05, 3.63) is 0 Å². The van der Waals surface area contributed by atoms with Gasteiger partial charge in [0.15, 0.2) is 0 Å². The molecule has 2 saturated heterocycles. The Balaban J connectivity index is 1.78. The van der Waals surface area contributed by atoms with Crippen molar-refractivity contribution in [1.29, 1.82) is 0 Å². The van der Waals surface area contributed by atoms with E-state index in [4.69, 9.17) is 0 Å². The number of aliphatic hydroxyl groups excluding tert-OH is 1. The van der Waals surface area contributed by atoms with Gasteiger partial charge in [0.1, 0.15) is 0 Å². The van der Waals surface area contributed by atoms with Gasteiger partial charge >= 0.3 is 0 Å². The molecular weight excluding hydrogens is 220 g/mol. The summed E-state index contributed by atoms with van der Waals surface area (Å²) in [5.41, 5.74) is 0. The topological polar surface area (TPSA) is 35.5 Å². The molecule has 1 atom stereocenters. The second-order valence-corrected chi connectivity index (χ2v) is 6.17. The van der Waals surface area contributed by atoms with Gasteiger partial charge in [-0.1, -0.05) is 0 Å². The van der Waals surface area contributed by atoms with Crippen LogP contribution in [-0.2, 0) is 0 Å². The fourth-order valence-electron chi connectivity index (χ4n) is 2.77. The van der Waals surface area contributed by atoms with E-state index >= 15 is 0 Å². The summed E-state index contributed by atoms with van der Waals surface area (Å²) in [5, 5.41) is 12.9. The predicted octanol–water partition coefficient (Wildman–Crippen LogP) is 0.643. The molecule has 3 nitrogen and oxygen atoms in total. The first-order valence-electron chi connectivity index (χ1n) is 6.52. The molecule has 0 radical (unpaired) electrons. The third kappa shape index (κ3) is 3.62. The van der Waals surface area contributed by atoms with Crippen molar-refractivity contribution >= 4 is 11.8 Å². The molecule has 2 rings (SSSR count). The third-order valence-corrected chi connectivity index (χ3v) is 4.92. The zero-order chi connectivity index (χ0) is 11.2. The fraction of sp³-hybridized carbons (Fsp3) is 1.00. The molecule has 0 bridgehead atoms. The lowest BCUT2D eigenvalue weighted by atomic mass is 9.87. The number of thioether (sulfide) groups is 1. The number of aliphatic hydroxyl groups is 1. The van der Waals surface area contributed by atoms with Gasteiger partial charge in [-0.05, 0) is 36.2 Å². The first kappa shape index (κ1) is 12.7. The summed E-state index contributed by atoms with van der Waals surface area (Å²) in [5.74, 6) is 3.87. The van der Waals surface area contributed by atoms with E-state index < -0.39 is 0 Å². The molecule has 2 heterocycles. The minimum atomic E-state index is 0.374. The van der Waals surface area contributed by atoms with Crippen molar-refractivity contribution in [1.82, 2.24) is 10.2 Å². The molecule has 2 fully saturated rings. The summed E-state index contributed by atoms with van der Waals surface area (Å²) in [6, 6.07) is 0. The first-order chi connectivity index (χ1) is 7.90. The summed E-state index contributed by atoms with van der Waals surface area (Å²) in [6.45, 7) is 6.00. The molecule has 4 heteroatoms. The molecule has 94 valence electrons. The maximum Gasteiger partial charge on any atom is 0.0474 e. The maximum atomic E-state index is 9.56. The Labute approximate surface area is 103 Å². The highest BCUT2D eigenvalue weighted by atomic mass is 32.2. The molecule has 2 N–H and O–H groups in total. The van der Waals surface area contributed by atoms with Gasteiger partial charge in [-0.25, -0.2) is 0 Å². The Morgan fingerprint density at radius 3 is 2.56 bits per heavy atom. The highest BCUT2D eigenvalue weighted by molar-refractivity contribution is 7.99. The zero-order valence-electron chi connectivity index (χ0n) is 10.0. The quantitative estimate of drug-likeness (QED) is 0.761. The van der Waals surface area contributed by atoms with E-state index in [1.165, 1.54) is 24.3 Å². The van der Waals surface area contributed by atoms with Crippen LogP contribution in [0.25, 0.3) is 0 Å². The monoisotopic (exact) mass is 244 g/mol. The van der Waals surface area contributed by atoms with Crippen molar-refractivity contribution in [2.24, 2.45) is 11.8 Å². The van der Waals surface area contributed by atoms with E-state index in [0.717, 1.165) is 38.6 Å². The molecule has 0 spiro atoms. The van der Waals surface area contributed by atoms with E-state index in [1.807, 2.05) is 0 Å². The normalized spacial score (nSPS) is 26.8. The number of rotatable bonds is 4. The lowest BCUT2D eigenvalue weighted by Gasteiger charge is -2.35. The lowest BCUT2D eigenvalue weighted by molar-refractivity contribution is 0.110. The van der Waals surface area contributed by atoms with Gasteiger partial charge < -0.3 is 15.3 Å². The van der Waals surface area contributed by atoms with E-state index in [9.17, 15) is 5.11 Å². The summed E-state index contributed by atoms with van der Waals surface area (Å²) >= 11 is 2.07. The molecule has 2 aliphatic rings. The van der Waals surface area contributed by atoms with Crippen molar-refractivity contribution in [3.63, 3.8) is 0 Å². The van der Waals surface area contributed by atoms with Crippen LogP contribution in [0.5, 0.6) is 0 Å². The number of nitrogens with one attached hydrogen (secondary N) is 1. The molecular formula is C12H24N2OS. The largest absolute Gasteiger partial charge is 0.396 e. The Bertz CT molecular complexity index is 191. The van der Waals surface area contributed by atoms with Crippen LogP contribution in [-0.4, -0.2) is 60.8 Å². The Hall–Kier alpha value is 0.230. The van der Waals surface area contributed by atoms with Crippen molar-refractivity contribution in [3.8, 4) is 0 Å². The second-order valence-electron chi connectivity index (χ2n) is 4.94. The van der Waals surface area contributed by atoms with Crippen LogP contribution in [0.2, 0.25) is 0 Å². The van der Waals surface area contributed by atoms with E-state index in [-0.39, 0.29) is 0 Å². The average molecular weight is 244 g/mol. The van der Waals surface area contributed by atoms with E-state index in [2.05, 4.69) is 22.0 Å². The number of nitrogens with zero attached hydrogens (tertiary/aromatic N) is 1. The standard InChI is InChI=1S/C12H24N2OS/c15-10-12(11-1-7-16-8-2-11)9-14-5-3-13-4-6-14/h11-13,15H,1-10H2. The van der Waals surface area contributed by atoms with Gasteiger partial charge in [0.05, 0.1) is 0 Å². The summed E-state index contributed by atoms with van der Waals surface area (Å²) < 4.78 is 0. The molecule has 0 aromatic rings. The molecule has 0 amide bonds. The lowest BCUT2D eigenvalue weighted by Crippen LogP contribution is -2.46. The molecule has 0 aromatic heterocycles. The maximum absolute atomic E-state index is 9.56. The molecule has 1 unspecified atom stereocenters. The van der Waals surface area contributed by atoms with Crippen LogP contribution in [0.4, 0.5) is 0 Å². The highest BCUT2D eigenvalue weighted by Crippen LogP contribution is 2.29. The number of hydrogen-bond acceptors (Lipinski definition) is 4. The van der Waals surface area contributed by atoms with E-state index in [0.29, 0.717) is 12.5 Å². The Kier molecular flexibility index (Phi) is 5.42. The van der Waals surface area contributed by atoms with Crippen molar-refractivity contribution in [2.45, 2.75) is 12.8 Å². The Morgan fingerprint density at radius 2 is 1.94 bits per heavy atom. The smallest absolute Gasteiger partial charge is 0.0474 e. The predicted molar refractivity (Wildman–Crippen MR) is 69.9 cm³/mol. The van der Waals surface area contributed by atoms with Crippen LogP contribution in [0.3, 0.4) is 0 Å². The highest BCUT2D eigenvalue weighted by Gasteiger charge is 2.25.